The van der Waals surface area contributed by atoms with Crippen molar-refractivity contribution in [1.29, 1.82) is 0 Å². The van der Waals surface area contributed by atoms with E-state index in [1.807, 2.05) is 30.3 Å². The van der Waals surface area contributed by atoms with Crippen molar-refractivity contribution >= 4 is 38.2 Å². The van der Waals surface area contributed by atoms with Crippen LogP contribution in [0.3, 0.4) is 0 Å². The number of rotatable bonds is 3. The molecule has 0 radical (unpaired) electrons. The quantitative estimate of drug-likeness (QED) is 0.694. The molecule has 0 fully saturated rings. The van der Waals surface area contributed by atoms with Gasteiger partial charge in [-0.05, 0) is 35.9 Å². The minimum absolute atomic E-state index is 0.378. The first kappa shape index (κ1) is 13.8. The Morgan fingerprint density at radius 1 is 1.19 bits per heavy atom. The van der Waals surface area contributed by atoms with Crippen molar-refractivity contribution in [2.24, 2.45) is 0 Å². The number of hydrogen-bond donors (Lipinski definition) is 2. The number of anilines is 2. The van der Waals surface area contributed by atoms with E-state index in [1.165, 1.54) is 6.07 Å². The monoisotopic (exact) mass is 345 g/mol. The van der Waals surface area contributed by atoms with Gasteiger partial charge >= 0.3 is 0 Å². The van der Waals surface area contributed by atoms with E-state index in [1.54, 1.807) is 12.3 Å². The molecular formula is C16H13BrFN3. The molecule has 0 atom stereocenters. The average molecular weight is 346 g/mol. The molecule has 21 heavy (non-hydrogen) atoms. The zero-order chi connectivity index (χ0) is 14.8. The summed E-state index contributed by atoms with van der Waals surface area (Å²) in [4.78, 5) is 4.24. The van der Waals surface area contributed by atoms with Crippen LogP contribution in [-0.4, -0.2) is 4.98 Å². The maximum Gasteiger partial charge on any atom is 0.150 e. The molecule has 0 unspecified atom stereocenters. The second-order valence-electron chi connectivity index (χ2n) is 4.70. The van der Waals surface area contributed by atoms with Gasteiger partial charge in [0.25, 0.3) is 0 Å². The van der Waals surface area contributed by atoms with Crippen LogP contribution in [0.4, 0.5) is 15.8 Å². The Morgan fingerprint density at radius 2 is 1.95 bits per heavy atom. The van der Waals surface area contributed by atoms with Crippen molar-refractivity contribution in [3.8, 4) is 0 Å². The van der Waals surface area contributed by atoms with Crippen molar-refractivity contribution in [2.75, 3.05) is 11.1 Å². The summed E-state index contributed by atoms with van der Waals surface area (Å²) in [5.41, 5.74) is 8.21. The molecule has 0 saturated heterocycles. The number of nitrogens with two attached hydrogens (primary N) is 1. The van der Waals surface area contributed by atoms with E-state index < -0.39 is 5.82 Å². The molecule has 2 aromatic carbocycles. The van der Waals surface area contributed by atoms with Crippen molar-refractivity contribution in [2.45, 2.75) is 6.54 Å². The average Bonchev–Trinajstić information content (AvgIpc) is 2.49. The molecule has 3 rings (SSSR count). The first-order valence-electron chi connectivity index (χ1n) is 6.46. The van der Waals surface area contributed by atoms with Crippen LogP contribution in [0.1, 0.15) is 5.56 Å². The Hall–Kier alpha value is -2.14. The number of halogens is 2. The van der Waals surface area contributed by atoms with Gasteiger partial charge in [-0.15, -0.1) is 0 Å². The van der Waals surface area contributed by atoms with Crippen LogP contribution in [-0.2, 0) is 6.54 Å². The fourth-order valence-electron chi connectivity index (χ4n) is 2.20. The number of nitrogens with one attached hydrogen (secondary N) is 1. The van der Waals surface area contributed by atoms with E-state index in [4.69, 9.17) is 5.73 Å². The van der Waals surface area contributed by atoms with Crippen LogP contribution >= 0.6 is 15.9 Å². The highest BCUT2D eigenvalue weighted by Crippen LogP contribution is 2.29. The number of hydrogen-bond acceptors (Lipinski definition) is 3. The summed E-state index contributed by atoms with van der Waals surface area (Å²) >= 11 is 3.39. The molecule has 0 aliphatic heterocycles. The normalized spacial score (nSPS) is 10.8. The molecule has 0 amide bonds. The van der Waals surface area contributed by atoms with Crippen LogP contribution in [0.15, 0.2) is 53.1 Å². The molecule has 3 nitrogen and oxygen atoms in total. The molecular weight excluding hydrogens is 333 g/mol. The largest absolute Gasteiger partial charge is 0.398 e. The molecule has 5 heteroatoms. The van der Waals surface area contributed by atoms with Crippen LogP contribution in [0.25, 0.3) is 10.9 Å². The van der Waals surface area contributed by atoms with Gasteiger partial charge in [0.2, 0.25) is 0 Å². The number of aromatic nitrogens is 1. The Balaban J connectivity index is 1.95. The SMILES string of the molecule is Nc1cc(F)c(NCc2ccc(Br)cc2)c2ncccc12. The molecule has 1 aromatic heterocycles. The van der Waals surface area contributed by atoms with Crippen LogP contribution in [0, 0.1) is 5.82 Å². The minimum Gasteiger partial charge on any atom is -0.398 e. The van der Waals surface area contributed by atoms with Gasteiger partial charge in [-0.25, -0.2) is 4.39 Å². The van der Waals surface area contributed by atoms with Crippen molar-refractivity contribution < 1.29 is 4.39 Å². The first-order chi connectivity index (χ1) is 10.1. The first-order valence-corrected chi connectivity index (χ1v) is 7.25. The van der Waals surface area contributed by atoms with E-state index in [-0.39, 0.29) is 0 Å². The highest BCUT2D eigenvalue weighted by molar-refractivity contribution is 9.10. The Bertz CT molecular complexity index is 787. The number of nitrogens with zero attached hydrogens (tertiary/aromatic N) is 1. The van der Waals surface area contributed by atoms with Crippen molar-refractivity contribution in [3.63, 3.8) is 0 Å². The molecule has 0 aliphatic rings. The highest BCUT2D eigenvalue weighted by Gasteiger charge is 2.11. The third-order valence-corrected chi connectivity index (χ3v) is 3.79. The molecule has 106 valence electrons. The summed E-state index contributed by atoms with van der Waals surface area (Å²) in [6, 6.07) is 12.8. The molecule has 3 aromatic rings. The van der Waals surface area contributed by atoms with Crippen LogP contribution in [0.2, 0.25) is 0 Å². The van der Waals surface area contributed by atoms with E-state index in [9.17, 15) is 4.39 Å². The topological polar surface area (TPSA) is 50.9 Å². The predicted molar refractivity (Wildman–Crippen MR) is 87.6 cm³/mol. The third kappa shape index (κ3) is 2.83. The summed E-state index contributed by atoms with van der Waals surface area (Å²) in [5.74, 6) is -0.393. The Labute approximate surface area is 130 Å². The van der Waals surface area contributed by atoms with Crippen LogP contribution < -0.4 is 11.1 Å². The molecule has 0 bridgehead atoms. The summed E-state index contributed by atoms with van der Waals surface area (Å²) in [6.07, 6.45) is 1.63. The maximum absolute atomic E-state index is 14.2. The number of pyridine rings is 1. The lowest BCUT2D eigenvalue weighted by Gasteiger charge is -2.12. The molecule has 1 heterocycles. The molecule has 0 spiro atoms. The van der Waals surface area contributed by atoms with Gasteiger partial charge in [0.05, 0.1) is 11.2 Å². The smallest absolute Gasteiger partial charge is 0.150 e. The minimum atomic E-state index is -0.393. The van der Waals surface area contributed by atoms with Gasteiger partial charge in [0.1, 0.15) is 0 Å². The highest BCUT2D eigenvalue weighted by atomic mass is 79.9. The fraction of sp³-hybridized carbons (Fsp3) is 0.0625. The van der Waals surface area contributed by atoms with Crippen molar-refractivity contribution in [1.82, 2.24) is 4.98 Å². The predicted octanol–water partition coefficient (Wildman–Crippen LogP) is 4.33. The van der Waals surface area contributed by atoms with Gasteiger partial charge in [0.15, 0.2) is 5.82 Å². The van der Waals surface area contributed by atoms with Gasteiger partial charge in [-0.2, -0.15) is 0 Å². The lowest BCUT2D eigenvalue weighted by Crippen LogP contribution is -2.04. The van der Waals surface area contributed by atoms with Gasteiger partial charge in [-0.1, -0.05) is 28.1 Å². The summed E-state index contributed by atoms with van der Waals surface area (Å²) in [6.45, 7) is 0.514. The van der Waals surface area contributed by atoms with Crippen molar-refractivity contribution in [3.05, 3.63) is 64.5 Å². The van der Waals surface area contributed by atoms with Gasteiger partial charge < -0.3 is 11.1 Å². The molecule has 3 N–H and O–H groups in total. The fourth-order valence-corrected chi connectivity index (χ4v) is 2.46. The Kier molecular flexibility index (Phi) is 3.75. The van der Waals surface area contributed by atoms with E-state index in [0.717, 1.165) is 15.4 Å². The number of fused-ring (bicyclic) bond motifs is 1. The zero-order valence-corrected chi connectivity index (χ0v) is 12.7. The standard InChI is InChI=1S/C16H13BrFN3/c17-11-5-3-10(4-6-11)9-21-16-13(18)8-14(19)12-2-1-7-20-15(12)16/h1-8,21H,9,19H2. The van der Waals surface area contributed by atoms with E-state index >= 15 is 0 Å². The van der Waals surface area contributed by atoms with Gasteiger partial charge in [0, 0.05) is 28.3 Å². The van der Waals surface area contributed by atoms with Gasteiger partial charge in [-0.3, -0.25) is 4.98 Å². The summed E-state index contributed by atoms with van der Waals surface area (Å²) in [7, 11) is 0. The zero-order valence-electron chi connectivity index (χ0n) is 11.1. The third-order valence-electron chi connectivity index (χ3n) is 3.26. The molecule has 0 aliphatic carbocycles. The van der Waals surface area contributed by atoms with E-state index in [0.29, 0.717) is 23.4 Å². The molecule has 0 saturated carbocycles. The van der Waals surface area contributed by atoms with E-state index in [2.05, 4.69) is 26.2 Å². The lowest BCUT2D eigenvalue weighted by atomic mass is 10.1. The van der Waals surface area contributed by atoms with Crippen LogP contribution in [0.5, 0.6) is 0 Å². The maximum atomic E-state index is 14.2. The lowest BCUT2D eigenvalue weighted by molar-refractivity contribution is 0.632. The Morgan fingerprint density at radius 3 is 2.71 bits per heavy atom. The summed E-state index contributed by atoms with van der Waals surface area (Å²) < 4.78 is 15.2. The second-order valence-corrected chi connectivity index (χ2v) is 5.62. The number of nitrogen functional groups attached to an aromatic ring is 1. The number of benzene rings is 2. The second kappa shape index (κ2) is 5.69. The summed E-state index contributed by atoms with van der Waals surface area (Å²) in [5, 5.41) is 3.86.